The summed E-state index contributed by atoms with van der Waals surface area (Å²) >= 11 is 0. The second kappa shape index (κ2) is 8.90. The highest BCUT2D eigenvalue weighted by Crippen LogP contribution is 2.49. The fraction of sp³-hybridized carbons (Fsp3) is 0.269. The van der Waals surface area contributed by atoms with E-state index >= 15 is 0 Å². The summed E-state index contributed by atoms with van der Waals surface area (Å²) in [6.07, 6.45) is -0.808. The van der Waals surface area contributed by atoms with E-state index < -0.39 is 16.2 Å². The maximum Gasteiger partial charge on any atom is 0.266 e. The van der Waals surface area contributed by atoms with Crippen molar-refractivity contribution in [2.75, 3.05) is 27.2 Å². The van der Waals surface area contributed by atoms with Crippen LogP contribution in [0.2, 0.25) is 0 Å². The predicted octanol–water partition coefficient (Wildman–Crippen LogP) is 5.10. The molecule has 0 N–H and O–H groups in total. The molecule has 0 fully saturated rings. The Morgan fingerprint density at radius 1 is 0.879 bits per heavy atom. The lowest BCUT2D eigenvalue weighted by Gasteiger charge is -2.31. The number of hydrogen-bond donors (Lipinski definition) is 0. The fourth-order valence-electron chi connectivity index (χ4n) is 4.38. The van der Waals surface area contributed by atoms with Gasteiger partial charge in [0.1, 0.15) is 6.17 Å². The zero-order chi connectivity index (χ0) is 23.8. The van der Waals surface area contributed by atoms with Crippen LogP contribution in [0.1, 0.15) is 38.1 Å². The van der Waals surface area contributed by atoms with E-state index in [-0.39, 0.29) is 10.8 Å². The van der Waals surface area contributed by atoms with Crippen LogP contribution in [0.15, 0.2) is 77.7 Å². The van der Waals surface area contributed by atoms with Crippen molar-refractivity contribution < 1.29 is 13.2 Å². The SMILES string of the molecule is CCN(CC)c1ccc(C2N(C(C)=O)c3ccccc3N2S(=O)(=O)c2ccc(C)cc2)cc1. The van der Waals surface area contributed by atoms with Crippen LogP contribution in [-0.4, -0.2) is 27.4 Å². The number of carbonyl (C=O) groups excluding carboxylic acids is 1. The number of hydrogen-bond acceptors (Lipinski definition) is 4. The molecule has 7 heteroatoms. The number of nitrogens with zero attached hydrogens (tertiary/aromatic N) is 3. The highest BCUT2D eigenvalue weighted by atomic mass is 32.2. The van der Waals surface area contributed by atoms with Crippen molar-refractivity contribution in [3.63, 3.8) is 0 Å². The number of para-hydroxylation sites is 2. The van der Waals surface area contributed by atoms with Gasteiger partial charge in [-0.1, -0.05) is 42.0 Å². The second-order valence-electron chi connectivity index (χ2n) is 8.13. The fourth-order valence-corrected chi connectivity index (χ4v) is 5.98. The summed E-state index contributed by atoms with van der Waals surface area (Å²) in [6, 6.07) is 21.7. The first-order chi connectivity index (χ1) is 15.8. The molecule has 3 aromatic carbocycles. The quantitative estimate of drug-likeness (QED) is 0.510. The molecule has 0 aromatic heterocycles. The Labute approximate surface area is 196 Å². The molecule has 1 amide bonds. The molecular weight excluding hydrogens is 434 g/mol. The summed E-state index contributed by atoms with van der Waals surface area (Å²) in [4.78, 5) is 16.8. The lowest BCUT2D eigenvalue weighted by atomic mass is 10.1. The van der Waals surface area contributed by atoms with Crippen LogP contribution >= 0.6 is 0 Å². The number of amides is 1. The zero-order valence-corrected chi connectivity index (χ0v) is 20.2. The van der Waals surface area contributed by atoms with Crippen LogP contribution in [0.5, 0.6) is 0 Å². The molecule has 4 rings (SSSR count). The maximum absolute atomic E-state index is 13.9. The van der Waals surface area contributed by atoms with Crippen molar-refractivity contribution in [1.82, 2.24) is 0 Å². The summed E-state index contributed by atoms with van der Waals surface area (Å²) < 4.78 is 29.2. The first-order valence-electron chi connectivity index (χ1n) is 11.1. The molecule has 33 heavy (non-hydrogen) atoms. The van der Waals surface area contributed by atoms with E-state index in [2.05, 4.69) is 18.7 Å². The van der Waals surface area contributed by atoms with E-state index in [9.17, 15) is 13.2 Å². The third-order valence-corrected chi connectivity index (χ3v) is 7.86. The van der Waals surface area contributed by atoms with Crippen molar-refractivity contribution in [1.29, 1.82) is 0 Å². The summed E-state index contributed by atoms with van der Waals surface area (Å²) in [5.41, 5.74) is 3.84. The first-order valence-corrected chi connectivity index (χ1v) is 12.6. The third kappa shape index (κ3) is 3.97. The zero-order valence-electron chi connectivity index (χ0n) is 19.4. The average molecular weight is 464 g/mol. The lowest BCUT2D eigenvalue weighted by Crippen LogP contribution is -2.41. The topological polar surface area (TPSA) is 60.9 Å². The molecule has 1 atom stereocenters. The van der Waals surface area contributed by atoms with E-state index in [1.165, 1.54) is 11.2 Å². The predicted molar refractivity (Wildman–Crippen MR) is 133 cm³/mol. The Hall–Kier alpha value is -3.32. The number of carbonyl (C=O) groups is 1. The normalized spacial score (nSPS) is 15.5. The van der Waals surface area contributed by atoms with Gasteiger partial charge in [-0.25, -0.2) is 12.7 Å². The third-order valence-electron chi connectivity index (χ3n) is 6.08. The van der Waals surface area contributed by atoms with E-state index in [4.69, 9.17) is 0 Å². The number of anilines is 3. The van der Waals surface area contributed by atoms with Gasteiger partial charge in [0, 0.05) is 25.7 Å². The van der Waals surface area contributed by atoms with Crippen LogP contribution in [0.25, 0.3) is 0 Å². The van der Waals surface area contributed by atoms with Crippen LogP contribution in [0.3, 0.4) is 0 Å². The van der Waals surface area contributed by atoms with Crippen molar-refractivity contribution in [2.24, 2.45) is 0 Å². The minimum Gasteiger partial charge on any atom is -0.372 e. The minimum absolute atomic E-state index is 0.193. The summed E-state index contributed by atoms with van der Waals surface area (Å²) in [5, 5.41) is 0. The van der Waals surface area contributed by atoms with Crippen LogP contribution in [0.4, 0.5) is 17.1 Å². The molecule has 1 aliphatic heterocycles. The number of sulfonamides is 1. The number of fused-ring (bicyclic) bond motifs is 1. The van der Waals surface area contributed by atoms with Gasteiger partial charge >= 0.3 is 0 Å². The van der Waals surface area contributed by atoms with Gasteiger partial charge in [-0.15, -0.1) is 0 Å². The summed E-state index contributed by atoms with van der Waals surface area (Å²) in [7, 11) is -3.94. The highest BCUT2D eigenvalue weighted by molar-refractivity contribution is 7.92. The largest absolute Gasteiger partial charge is 0.372 e. The Morgan fingerprint density at radius 3 is 2.00 bits per heavy atom. The van der Waals surface area contributed by atoms with Crippen LogP contribution in [-0.2, 0) is 14.8 Å². The number of benzene rings is 3. The lowest BCUT2D eigenvalue weighted by molar-refractivity contribution is -0.116. The van der Waals surface area contributed by atoms with Gasteiger partial charge in [0.2, 0.25) is 5.91 Å². The Bertz CT molecular complexity index is 1250. The molecule has 0 saturated heterocycles. The van der Waals surface area contributed by atoms with Crippen molar-refractivity contribution in [3.05, 3.63) is 83.9 Å². The van der Waals surface area contributed by atoms with Gasteiger partial charge in [-0.05, 0) is 62.7 Å². The smallest absolute Gasteiger partial charge is 0.266 e. The second-order valence-corrected chi connectivity index (χ2v) is 9.94. The van der Waals surface area contributed by atoms with Gasteiger partial charge in [0.25, 0.3) is 10.0 Å². The van der Waals surface area contributed by atoms with Gasteiger partial charge in [0.05, 0.1) is 16.3 Å². The van der Waals surface area contributed by atoms with E-state index in [0.29, 0.717) is 11.4 Å². The van der Waals surface area contributed by atoms with Gasteiger partial charge in [-0.2, -0.15) is 0 Å². The van der Waals surface area contributed by atoms with Crippen LogP contribution in [0, 0.1) is 6.92 Å². The average Bonchev–Trinajstić information content (AvgIpc) is 3.17. The molecule has 172 valence electrons. The van der Waals surface area contributed by atoms with E-state index in [0.717, 1.165) is 29.9 Å². The van der Waals surface area contributed by atoms with E-state index in [1.807, 2.05) is 37.3 Å². The molecular formula is C26H29N3O3S. The standard InChI is InChI=1S/C26H29N3O3S/c1-5-27(6-2)22-15-13-21(14-16-22)26-28(20(4)30)24-9-7-8-10-25(24)29(26)33(31,32)23-17-11-19(3)12-18-23/h7-18,26H,5-6H2,1-4H3. The molecule has 1 heterocycles. The van der Waals surface area contributed by atoms with Gasteiger partial charge in [-0.3, -0.25) is 9.69 Å². The summed E-state index contributed by atoms with van der Waals surface area (Å²) in [5.74, 6) is -0.220. The Balaban J connectivity index is 1.89. The Morgan fingerprint density at radius 2 is 1.45 bits per heavy atom. The molecule has 0 saturated carbocycles. The highest BCUT2D eigenvalue weighted by Gasteiger charge is 2.45. The van der Waals surface area contributed by atoms with Crippen LogP contribution < -0.4 is 14.1 Å². The molecule has 0 radical (unpaired) electrons. The minimum atomic E-state index is -3.94. The molecule has 1 aliphatic rings. The van der Waals surface area contributed by atoms with Gasteiger partial charge < -0.3 is 4.90 Å². The van der Waals surface area contributed by atoms with Gasteiger partial charge in [0.15, 0.2) is 0 Å². The molecule has 0 aliphatic carbocycles. The van der Waals surface area contributed by atoms with Crippen molar-refractivity contribution in [2.45, 2.75) is 38.8 Å². The molecule has 0 bridgehead atoms. The maximum atomic E-state index is 13.9. The Kier molecular flexibility index (Phi) is 6.17. The number of aryl methyl sites for hydroxylation is 1. The van der Waals surface area contributed by atoms with E-state index in [1.54, 1.807) is 47.4 Å². The molecule has 3 aromatic rings. The van der Waals surface area contributed by atoms with Crippen molar-refractivity contribution in [3.8, 4) is 0 Å². The monoisotopic (exact) mass is 463 g/mol. The first kappa shape index (κ1) is 22.9. The molecule has 0 spiro atoms. The number of rotatable bonds is 6. The molecule has 6 nitrogen and oxygen atoms in total. The molecule has 1 unspecified atom stereocenters. The summed E-state index contributed by atoms with van der Waals surface area (Å²) in [6.45, 7) is 9.32. The van der Waals surface area contributed by atoms with Crippen molar-refractivity contribution >= 4 is 33.0 Å².